The van der Waals surface area contributed by atoms with Crippen molar-refractivity contribution in [2.24, 2.45) is 0 Å². The highest BCUT2D eigenvalue weighted by Crippen LogP contribution is 2.21. The van der Waals surface area contributed by atoms with Crippen LogP contribution < -0.4 is 5.32 Å². The number of hydrogen-bond acceptors (Lipinski definition) is 2. The van der Waals surface area contributed by atoms with E-state index in [0.717, 1.165) is 48.8 Å². The summed E-state index contributed by atoms with van der Waals surface area (Å²) in [5.74, 6) is -0.0154. The molecule has 3 aromatic carbocycles. The molecule has 0 saturated heterocycles. The number of benzene rings is 3. The van der Waals surface area contributed by atoms with Gasteiger partial charge in [0.25, 0.3) is 0 Å². The summed E-state index contributed by atoms with van der Waals surface area (Å²) in [5.41, 5.74) is 5.73. The number of aryl methyl sites for hydroxylation is 3. The lowest BCUT2D eigenvalue weighted by atomic mass is 9.94. The van der Waals surface area contributed by atoms with Crippen LogP contribution in [0.15, 0.2) is 78.9 Å². The van der Waals surface area contributed by atoms with E-state index >= 15 is 0 Å². The number of nitrogens with one attached hydrogen (secondary N) is 1. The third-order valence-electron chi connectivity index (χ3n) is 7.75. The van der Waals surface area contributed by atoms with Crippen molar-refractivity contribution in [3.63, 3.8) is 0 Å². The van der Waals surface area contributed by atoms with Crippen LogP contribution in [-0.4, -0.2) is 28.8 Å². The van der Waals surface area contributed by atoms with Crippen LogP contribution in [0.3, 0.4) is 0 Å². The first-order valence-corrected chi connectivity index (χ1v) is 14.3. The lowest BCUT2D eigenvalue weighted by molar-refractivity contribution is -0.141. The molecule has 1 aliphatic carbocycles. The lowest BCUT2D eigenvalue weighted by Crippen LogP contribution is -2.52. The largest absolute Gasteiger partial charge is 0.352 e. The molecular weight excluding hydrogens is 468 g/mol. The van der Waals surface area contributed by atoms with Gasteiger partial charge in [-0.2, -0.15) is 0 Å². The van der Waals surface area contributed by atoms with E-state index in [1.807, 2.05) is 35.2 Å². The van der Waals surface area contributed by atoms with Crippen molar-refractivity contribution in [3.05, 3.63) is 107 Å². The summed E-state index contributed by atoms with van der Waals surface area (Å²) in [4.78, 5) is 29.6. The van der Waals surface area contributed by atoms with Crippen LogP contribution in [0, 0.1) is 6.92 Å². The summed E-state index contributed by atoms with van der Waals surface area (Å²) in [5, 5.41) is 3.32. The van der Waals surface area contributed by atoms with E-state index < -0.39 is 6.04 Å². The first kappa shape index (κ1) is 27.6. The van der Waals surface area contributed by atoms with Gasteiger partial charge in [-0.05, 0) is 54.9 Å². The second-order valence-electron chi connectivity index (χ2n) is 10.7. The molecule has 4 nitrogen and oxygen atoms in total. The number of carbonyl (C=O) groups excluding carboxylic acids is 2. The highest BCUT2D eigenvalue weighted by atomic mass is 16.2. The zero-order chi connectivity index (χ0) is 26.7. The highest BCUT2D eigenvalue weighted by molar-refractivity contribution is 5.88. The van der Waals surface area contributed by atoms with Crippen molar-refractivity contribution in [1.82, 2.24) is 10.2 Å². The van der Waals surface area contributed by atoms with Crippen LogP contribution in [-0.2, 0) is 35.4 Å². The predicted molar refractivity (Wildman–Crippen MR) is 155 cm³/mol. The van der Waals surface area contributed by atoms with Crippen molar-refractivity contribution in [1.29, 1.82) is 0 Å². The van der Waals surface area contributed by atoms with Gasteiger partial charge in [0.1, 0.15) is 6.04 Å². The molecule has 3 aromatic rings. The molecule has 4 heteroatoms. The molecule has 1 unspecified atom stereocenters. The van der Waals surface area contributed by atoms with Crippen LogP contribution in [0.25, 0.3) is 0 Å². The number of carbonyl (C=O) groups is 2. The fourth-order valence-electron chi connectivity index (χ4n) is 5.32. The SMILES string of the molecule is CCc1ccc(CCC(=O)N(Cc2ccc(C)cc2)C(Cc2ccccc2)C(=O)NC2CCCCC2)cc1. The van der Waals surface area contributed by atoms with Gasteiger partial charge in [-0.25, -0.2) is 0 Å². The Bertz CT molecular complexity index is 1150. The van der Waals surface area contributed by atoms with Crippen molar-refractivity contribution in [3.8, 4) is 0 Å². The van der Waals surface area contributed by atoms with E-state index in [0.29, 0.717) is 25.8 Å². The maximum absolute atomic E-state index is 13.9. The molecule has 2 amide bonds. The zero-order valence-electron chi connectivity index (χ0n) is 23.0. The summed E-state index contributed by atoms with van der Waals surface area (Å²) >= 11 is 0. The quantitative estimate of drug-likeness (QED) is 0.317. The maximum atomic E-state index is 13.9. The molecule has 4 rings (SSSR count). The van der Waals surface area contributed by atoms with Gasteiger partial charge in [-0.15, -0.1) is 0 Å². The Morgan fingerprint density at radius 3 is 2.11 bits per heavy atom. The van der Waals surface area contributed by atoms with Gasteiger partial charge in [0, 0.05) is 25.4 Å². The Balaban J connectivity index is 1.58. The van der Waals surface area contributed by atoms with E-state index in [2.05, 4.69) is 67.7 Å². The molecule has 1 N–H and O–H groups in total. The van der Waals surface area contributed by atoms with Crippen LogP contribution in [0.4, 0.5) is 0 Å². The molecule has 0 heterocycles. The van der Waals surface area contributed by atoms with Gasteiger partial charge in [-0.3, -0.25) is 9.59 Å². The van der Waals surface area contributed by atoms with Crippen LogP contribution in [0.5, 0.6) is 0 Å². The molecule has 1 saturated carbocycles. The fraction of sp³-hybridized carbons (Fsp3) is 0.412. The Morgan fingerprint density at radius 1 is 0.816 bits per heavy atom. The van der Waals surface area contributed by atoms with Crippen molar-refractivity contribution < 1.29 is 9.59 Å². The van der Waals surface area contributed by atoms with Crippen molar-refractivity contribution in [2.45, 2.75) is 90.3 Å². The Hall–Kier alpha value is -3.40. The van der Waals surface area contributed by atoms with Gasteiger partial charge >= 0.3 is 0 Å². The number of hydrogen-bond donors (Lipinski definition) is 1. The molecule has 0 radical (unpaired) electrons. The predicted octanol–water partition coefficient (Wildman–Crippen LogP) is 6.58. The molecular formula is C34H42N2O2. The molecule has 38 heavy (non-hydrogen) atoms. The number of nitrogens with zero attached hydrogens (tertiary/aromatic N) is 1. The van der Waals surface area contributed by atoms with Crippen molar-refractivity contribution in [2.75, 3.05) is 0 Å². The Labute approximate surface area is 228 Å². The topological polar surface area (TPSA) is 49.4 Å². The van der Waals surface area contributed by atoms with Crippen LogP contribution in [0.1, 0.15) is 73.3 Å². The van der Waals surface area contributed by atoms with Gasteiger partial charge in [0.15, 0.2) is 0 Å². The first-order chi connectivity index (χ1) is 18.5. The minimum Gasteiger partial charge on any atom is -0.352 e. The second kappa shape index (κ2) is 13.9. The Morgan fingerprint density at radius 2 is 1.45 bits per heavy atom. The molecule has 0 aliphatic heterocycles. The summed E-state index contributed by atoms with van der Waals surface area (Å²) in [6.45, 7) is 4.63. The average Bonchev–Trinajstić information content (AvgIpc) is 2.96. The van der Waals surface area contributed by atoms with Gasteiger partial charge < -0.3 is 10.2 Å². The van der Waals surface area contributed by atoms with E-state index in [9.17, 15) is 9.59 Å². The minimum absolute atomic E-state index is 0.0184. The minimum atomic E-state index is -0.560. The van der Waals surface area contributed by atoms with Gasteiger partial charge in [0.05, 0.1) is 0 Å². The molecule has 0 aromatic heterocycles. The first-order valence-electron chi connectivity index (χ1n) is 14.3. The molecule has 0 bridgehead atoms. The molecule has 1 atom stereocenters. The number of rotatable bonds is 11. The molecule has 200 valence electrons. The van der Waals surface area contributed by atoms with E-state index in [1.165, 1.54) is 17.5 Å². The summed E-state index contributed by atoms with van der Waals surface area (Å²) in [6, 6.07) is 26.5. The smallest absolute Gasteiger partial charge is 0.243 e. The maximum Gasteiger partial charge on any atom is 0.243 e. The Kier molecular flexibility index (Phi) is 10.1. The molecule has 0 spiro atoms. The van der Waals surface area contributed by atoms with E-state index in [4.69, 9.17) is 0 Å². The standard InChI is InChI=1S/C34H42N2O2/c1-3-27-18-20-28(21-19-27)22-23-33(37)36(25-30-16-14-26(2)15-17-30)32(24-29-10-6-4-7-11-29)34(38)35-31-12-8-5-9-13-31/h4,6-7,10-11,14-21,31-32H,3,5,8-9,12-13,22-25H2,1-2H3,(H,35,38). The summed E-state index contributed by atoms with van der Waals surface area (Å²) in [7, 11) is 0. The van der Waals surface area contributed by atoms with Gasteiger partial charge in [-0.1, -0.05) is 111 Å². The third-order valence-corrected chi connectivity index (χ3v) is 7.75. The average molecular weight is 511 g/mol. The summed E-state index contributed by atoms with van der Waals surface area (Å²) < 4.78 is 0. The van der Waals surface area contributed by atoms with E-state index in [-0.39, 0.29) is 17.9 Å². The normalized spacial score (nSPS) is 14.6. The second-order valence-corrected chi connectivity index (χ2v) is 10.7. The van der Waals surface area contributed by atoms with Crippen molar-refractivity contribution >= 4 is 11.8 Å². The summed E-state index contributed by atoms with van der Waals surface area (Å²) in [6.07, 6.45) is 8.11. The van der Waals surface area contributed by atoms with Crippen LogP contribution >= 0.6 is 0 Å². The third kappa shape index (κ3) is 8.05. The highest BCUT2D eigenvalue weighted by Gasteiger charge is 2.31. The monoisotopic (exact) mass is 510 g/mol. The number of amides is 2. The van der Waals surface area contributed by atoms with E-state index in [1.54, 1.807) is 0 Å². The van der Waals surface area contributed by atoms with Crippen LogP contribution in [0.2, 0.25) is 0 Å². The molecule has 1 fully saturated rings. The molecule has 1 aliphatic rings. The fourth-order valence-corrected chi connectivity index (χ4v) is 5.32. The lowest BCUT2D eigenvalue weighted by Gasteiger charge is -2.33. The van der Waals surface area contributed by atoms with Gasteiger partial charge in [0.2, 0.25) is 11.8 Å². The zero-order valence-corrected chi connectivity index (χ0v) is 23.0.